The number of aromatic hydroxyl groups is 2. The van der Waals surface area contributed by atoms with Gasteiger partial charge in [0.15, 0.2) is 11.5 Å². The summed E-state index contributed by atoms with van der Waals surface area (Å²) in [7, 11) is 1.22. The van der Waals surface area contributed by atoms with E-state index in [0.717, 1.165) is 12.1 Å². The maximum absolute atomic E-state index is 11.2. The first kappa shape index (κ1) is 24.1. The molecule has 0 fully saturated rings. The Morgan fingerprint density at radius 2 is 1.42 bits per heavy atom. The van der Waals surface area contributed by atoms with E-state index >= 15 is 0 Å². The molecule has 0 aliphatic carbocycles. The van der Waals surface area contributed by atoms with Crippen molar-refractivity contribution >= 4 is 23.5 Å². The second kappa shape index (κ2) is 10.2. The van der Waals surface area contributed by atoms with Gasteiger partial charge in [0.25, 0.3) is 0 Å². The monoisotopic (exact) mass is 448 g/mol. The van der Waals surface area contributed by atoms with Gasteiger partial charge in [-0.3, -0.25) is 20.2 Å². The van der Waals surface area contributed by atoms with Gasteiger partial charge in [0.2, 0.25) is 5.75 Å². The van der Waals surface area contributed by atoms with E-state index in [1.54, 1.807) is 12.1 Å². The Morgan fingerprint density at radius 1 is 0.939 bits per heavy atom. The number of benzene rings is 2. The quantitative estimate of drug-likeness (QED) is 0.270. The third kappa shape index (κ3) is 5.51. The summed E-state index contributed by atoms with van der Waals surface area (Å²) < 4.78 is 4.94. The summed E-state index contributed by atoms with van der Waals surface area (Å²) in [5.41, 5.74) is -0.429. The fourth-order valence-electron chi connectivity index (χ4n) is 2.78. The second-order valence-electron chi connectivity index (χ2n) is 6.53. The van der Waals surface area contributed by atoms with Crippen molar-refractivity contribution in [1.29, 1.82) is 10.5 Å². The van der Waals surface area contributed by atoms with Crippen LogP contribution in [0.3, 0.4) is 0 Å². The number of nitriles is 2. The van der Waals surface area contributed by atoms with Gasteiger partial charge in [0, 0.05) is 17.7 Å². The number of allylic oxidation sites excluding steroid dienone is 4. The average molecular weight is 448 g/mol. The van der Waals surface area contributed by atoms with Crippen LogP contribution in [-0.4, -0.2) is 27.2 Å². The molecule has 2 rings (SSSR count). The van der Waals surface area contributed by atoms with Crippen LogP contribution in [0, 0.1) is 49.8 Å². The summed E-state index contributed by atoms with van der Waals surface area (Å²) in [6, 6.07) is 8.48. The molecule has 2 N–H and O–H groups in total. The van der Waals surface area contributed by atoms with E-state index in [9.17, 15) is 41.0 Å². The Bertz CT molecular complexity index is 1300. The van der Waals surface area contributed by atoms with Crippen LogP contribution in [0.15, 0.2) is 47.6 Å². The summed E-state index contributed by atoms with van der Waals surface area (Å²) in [6.45, 7) is 1.48. The predicted molar refractivity (Wildman–Crippen MR) is 117 cm³/mol. The molecule has 0 heterocycles. The van der Waals surface area contributed by atoms with Gasteiger partial charge in [-0.2, -0.15) is 10.5 Å². The maximum Gasteiger partial charge on any atom is 0.315 e. The van der Waals surface area contributed by atoms with Crippen LogP contribution in [0.1, 0.15) is 16.7 Å². The van der Waals surface area contributed by atoms with Crippen molar-refractivity contribution in [1.82, 2.24) is 0 Å². The molecule has 11 nitrogen and oxygen atoms in total. The molecular weight excluding hydrogens is 432 g/mol. The van der Waals surface area contributed by atoms with Crippen molar-refractivity contribution < 1.29 is 24.8 Å². The first-order valence-electron chi connectivity index (χ1n) is 9.07. The lowest BCUT2D eigenvalue weighted by Gasteiger charge is -2.05. The minimum atomic E-state index is -0.790. The van der Waals surface area contributed by atoms with Gasteiger partial charge < -0.3 is 14.9 Å². The summed E-state index contributed by atoms with van der Waals surface area (Å²) in [4.78, 5) is 20.7. The van der Waals surface area contributed by atoms with Gasteiger partial charge in [0.1, 0.15) is 17.7 Å². The molecule has 0 amide bonds. The number of hydrogen-bond donors (Lipinski definition) is 2. The summed E-state index contributed by atoms with van der Waals surface area (Å²) >= 11 is 0. The molecule has 166 valence electrons. The molecule has 2 aromatic rings. The molecule has 0 saturated carbocycles. The van der Waals surface area contributed by atoms with E-state index in [1.165, 1.54) is 50.5 Å². The van der Waals surface area contributed by atoms with Gasteiger partial charge in [-0.1, -0.05) is 24.3 Å². The Morgan fingerprint density at radius 3 is 1.88 bits per heavy atom. The summed E-state index contributed by atoms with van der Waals surface area (Å²) in [5.74, 6) is -1.25. The standard InChI is InChI=1S/C22H16N4O7/c1-13-7-14(8-18(21(13)27)25(29)30)3-5-16(17(11-23)12-24)6-4-15-9-19(26(31)32)22(28)20(10-15)33-2/h3-10,27-28H,1-2H3/b5-3+,6-4+. The Labute approximate surface area is 187 Å². The number of phenolic OH excluding ortho intramolecular Hbond substituents is 2. The van der Waals surface area contributed by atoms with Crippen LogP contribution in [0.5, 0.6) is 17.2 Å². The van der Waals surface area contributed by atoms with Crippen molar-refractivity contribution in [3.8, 4) is 29.4 Å². The van der Waals surface area contributed by atoms with Crippen LogP contribution in [0.25, 0.3) is 12.2 Å². The van der Waals surface area contributed by atoms with Gasteiger partial charge >= 0.3 is 11.4 Å². The molecule has 0 aliphatic rings. The first-order valence-corrected chi connectivity index (χ1v) is 9.07. The van der Waals surface area contributed by atoms with Crippen molar-refractivity contribution in [2.75, 3.05) is 7.11 Å². The lowest BCUT2D eigenvalue weighted by molar-refractivity contribution is -0.386. The van der Waals surface area contributed by atoms with Crippen molar-refractivity contribution in [2.24, 2.45) is 0 Å². The van der Waals surface area contributed by atoms with Crippen molar-refractivity contribution in [2.45, 2.75) is 6.92 Å². The van der Waals surface area contributed by atoms with Crippen LogP contribution in [0.2, 0.25) is 0 Å². The third-order valence-corrected chi connectivity index (χ3v) is 4.42. The topological polar surface area (TPSA) is 184 Å². The zero-order chi connectivity index (χ0) is 24.7. The molecule has 0 radical (unpaired) electrons. The fraction of sp³-hybridized carbons (Fsp3) is 0.0909. The SMILES string of the molecule is COc1cc(/C=C/C(/C=C/c2cc(C)c(O)c([N+](=O)[O-])c2)=C(C#N)C#N)cc([N+](=O)[O-])c1O. The number of phenols is 2. The number of aryl methyl sites for hydroxylation is 1. The molecule has 0 unspecified atom stereocenters. The zero-order valence-electron chi connectivity index (χ0n) is 17.3. The molecule has 0 aliphatic heterocycles. The van der Waals surface area contributed by atoms with Gasteiger partial charge in [-0.15, -0.1) is 0 Å². The fourth-order valence-corrected chi connectivity index (χ4v) is 2.78. The third-order valence-electron chi connectivity index (χ3n) is 4.42. The van der Waals surface area contributed by atoms with Gasteiger partial charge in [0.05, 0.1) is 17.0 Å². The normalized spacial score (nSPS) is 10.5. The Kier molecular flexibility index (Phi) is 7.48. The van der Waals surface area contributed by atoms with E-state index in [1.807, 2.05) is 0 Å². The van der Waals surface area contributed by atoms with Crippen LogP contribution in [0.4, 0.5) is 11.4 Å². The highest BCUT2D eigenvalue weighted by atomic mass is 16.6. The molecule has 0 bridgehead atoms. The van der Waals surface area contributed by atoms with Gasteiger partial charge in [-0.05, 0) is 35.7 Å². The van der Waals surface area contributed by atoms with E-state index in [2.05, 4.69) is 0 Å². The van der Waals surface area contributed by atoms with E-state index in [4.69, 9.17) is 4.74 Å². The zero-order valence-corrected chi connectivity index (χ0v) is 17.3. The number of nitro benzene ring substituents is 2. The molecule has 2 aromatic carbocycles. The number of methoxy groups -OCH3 is 1. The number of rotatable bonds is 7. The highest BCUT2D eigenvalue weighted by molar-refractivity contribution is 5.69. The van der Waals surface area contributed by atoms with Crippen LogP contribution >= 0.6 is 0 Å². The smallest absolute Gasteiger partial charge is 0.315 e. The molecule has 11 heteroatoms. The lowest BCUT2D eigenvalue weighted by Crippen LogP contribution is -1.93. The Hall–Kier alpha value is -5.16. The highest BCUT2D eigenvalue weighted by Gasteiger charge is 2.19. The molecule has 0 saturated heterocycles. The average Bonchev–Trinajstić information content (AvgIpc) is 2.78. The largest absolute Gasteiger partial charge is 0.502 e. The molecular formula is C22H16N4O7. The second-order valence-corrected chi connectivity index (χ2v) is 6.53. The van der Waals surface area contributed by atoms with Crippen molar-refractivity contribution in [3.05, 3.63) is 84.5 Å². The maximum atomic E-state index is 11.2. The van der Waals surface area contributed by atoms with E-state index in [0.29, 0.717) is 5.56 Å². The highest BCUT2D eigenvalue weighted by Crippen LogP contribution is 2.37. The van der Waals surface area contributed by atoms with E-state index < -0.39 is 32.7 Å². The molecule has 0 aromatic heterocycles. The van der Waals surface area contributed by atoms with E-state index in [-0.39, 0.29) is 28.0 Å². The predicted octanol–water partition coefficient (Wildman–Crippen LogP) is 4.30. The minimum absolute atomic E-state index is 0.114. The van der Waals surface area contributed by atoms with Crippen molar-refractivity contribution in [3.63, 3.8) is 0 Å². The molecule has 0 spiro atoms. The number of hydrogen-bond acceptors (Lipinski definition) is 9. The number of ether oxygens (including phenoxy) is 1. The molecule has 0 atom stereocenters. The lowest BCUT2D eigenvalue weighted by atomic mass is 10.0. The van der Waals surface area contributed by atoms with Crippen LogP contribution < -0.4 is 4.74 Å². The number of nitro groups is 2. The number of nitrogens with zero attached hydrogens (tertiary/aromatic N) is 4. The van der Waals surface area contributed by atoms with Gasteiger partial charge in [-0.25, -0.2) is 0 Å². The Balaban J connectivity index is 2.55. The minimum Gasteiger partial charge on any atom is -0.502 e. The summed E-state index contributed by atoms with van der Waals surface area (Å²) in [6.07, 6.45) is 5.48. The summed E-state index contributed by atoms with van der Waals surface area (Å²) in [5, 5.41) is 60.5. The first-order chi connectivity index (χ1) is 15.6. The van der Waals surface area contributed by atoms with Crippen LogP contribution in [-0.2, 0) is 0 Å². The molecule has 33 heavy (non-hydrogen) atoms.